The minimum Gasteiger partial charge on any atom is -0.496 e. The van der Waals surface area contributed by atoms with E-state index < -0.39 is 0 Å². The molecule has 0 atom stereocenters. The van der Waals surface area contributed by atoms with Crippen molar-refractivity contribution in [2.24, 2.45) is 0 Å². The van der Waals surface area contributed by atoms with Crippen LogP contribution in [0.3, 0.4) is 0 Å². The largest absolute Gasteiger partial charge is 0.496 e. The molecule has 0 unspecified atom stereocenters. The lowest BCUT2D eigenvalue weighted by Crippen LogP contribution is -2.11. The normalized spacial score (nSPS) is 13.3. The predicted octanol–water partition coefficient (Wildman–Crippen LogP) is 3.73. The summed E-state index contributed by atoms with van der Waals surface area (Å²) in [5.41, 5.74) is 4.77. The Labute approximate surface area is 119 Å². The number of hydrogen-bond donors (Lipinski definition) is 1. The fraction of sp³-hybridized carbons (Fsp3) is 0.294. The van der Waals surface area contributed by atoms with Gasteiger partial charge in [0.05, 0.1) is 19.8 Å². The van der Waals surface area contributed by atoms with E-state index in [-0.39, 0.29) is 0 Å². The summed E-state index contributed by atoms with van der Waals surface area (Å²) in [6.07, 6.45) is 2.30. The molecule has 3 rings (SSSR count). The van der Waals surface area contributed by atoms with Crippen LogP contribution in [0.25, 0.3) is 11.1 Å². The zero-order valence-corrected chi connectivity index (χ0v) is 11.9. The summed E-state index contributed by atoms with van der Waals surface area (Å²) in [6, 6.07) is 12.4. The molecule has 0 aromatic heterocycles. The first-order chi connectivity index (χ1) is 9.83. The monoisotopic (exact) mass is 269 g/mol. The van der Waals surface area contributed by atoms with Crippen LogP contribution >= 0.6 is 0 Å². The number of nitrogens with one attached hydrogen (secondary N) is 1. The molecule has 0 saturated carbocycles. The lowest BCUT2D eigenvalue weighted by molar-refractivity contribution is 0.397. The van der Waals surface area contributed by atoms with Gasteiger partial charge in [-0.05, 0) is 48.2 Å². The van der Waals surface area contributed by atoms with Crippen LogP contribution in [-0.4, -0.2) is 20.8 Å². The average Bonchev–Trinajstić information content (AvgIpc) is 2.53. The Hall–Kier alpha value is -2.16. The van der Waals surface area contributed by atoms with E-state index in [0.29, 0.717) is 0 Å². The first-order valence-corrected chi connectivity index (χ1v) is 6.91. The van der Waals surface area contributed by atoms with E-state index in [2.05, 4.69) is 23.5 Å². The molecule has 0 radical (unpaired) electrons. The summed E-state index contributed by atoms with van der Waals surface area (Å²) < 4.78 is 11.0. The quantitative estimate of drug-likeness (QED) is 0.921. The zero-order valence-electron chi connectivity index (χ0n) is 11.9. The molecule has 1 aliphatic heterocycles. The third kappa shape index (κ3) is 2.20. The van der Waals surface area contributed by atoms with Crippen molar-refractivity contribution in [2.75, 3.05) is 26.1 Å². The number of rotatable bonds is 3. The molecule has 0 fully saturated rings. The van der Waals surface area contributed by atoms with Gasteiger partial charge >= 0.3 is 0 Å². The summed E-state index contributed by atoms with van der Waals surface area (Å²) >= 11 is 0. The van der Waals surface area contributed by atoms with Crippen LogP contribution in [0.5, 0.6) is 11.5 Å². The van der Waals surface area contributed by atoms with Gasteiger partial charge in [0.15, 0.2) is 0 Å². The van der Waals surface area contributed by atoms with Crippen LogP contribution in [0, 0.1) is 0 Å². The number of ether oxygens (including phenoxy) is 2. The highest BCUT2D eigenvalue weighted by molar-refractivity contribution is 5.79. The Balaban J connectivity index is 2.13. The summed E-state index contributed by atoms with van der Waals surface area (Å²) in [5, 5.41) is 3.44. The van der Waals surface area contributed by atoms with Crippen LogP contribution in [0.1, 0.15) is 12.0 Å². The fourth-order valence-electron chi connectivity index (χ4n) is 2.77. The predicted molar refractivity (Wildman–Crippen MR) is 81.8 cm³/mol. The average molecular weight is 269 g/mol. The standard InChI is InChI=1S/C17H19NO2/c1-19-15-6-3-7-16(20-2)17(15)13-8-9-14-12(11-13)5-4-10-18-14/h3,6-9,11,18H,4-5,10H2,1-2H3. The smallest absolute Gasteiger partial charge is 0.130 e. The Morgan fingerprint density at radius 1 is 1.00 bits per heavy atom. The molecular weight excluding hydrogens is 250 g/mol. The lowest BCUT2D eigenvalue weighted by Gasteiger charge is -2.20. The van der Waals surface area contributed by atoms with Crippen LogP contribution in [0.15, 0.2) is 36.4 Å². The number of fused-ring (bicyclic) bond motifs is 1. The van der Waals surface area contributed by atoms with Crippen molar-refractivity contribution in [1.29, 1.82) is 0 Å². The highest BCUT2D eigenvalue weighted by Gasteiger charge is 2.15. The molecule has 0 bridgehead atoms. The molecular formula is C17H19NO2. The van der Waals surface area contributed by atoms with Crippen LogP contribution in [0.4, 0.5) is 5.69 Å². The van der Waals surface area contributed by atoms with Gasteiger partial charge in [0.2, 0.25) is 0 Å². The molecule has 0 saturated heterocycles. The van der Waals surface area contributed by atoms with E-state index in [9.17, 15) is 0 Å². The van der Waals surface area contributed by atoms with Crippen LogP contribution in [0.2, 0.25) is 0 Å². The highest BCUT2D eigenvalue weighted by Crippen LogP contribution is 2.39. The molecule has 3 nitrogen and oxygen atoms in total. The van der Waals surface area contributed by atoms with Crippen molar-refractivity contribution < 1.29 is 9.47 Å². The van der Waals surface area contributed by atoms with Gasteiger partial charge in [-0.3, -0.25) is 0 Å². The first kappa shape index (κ1) is 12.9. The van der Waals surface area contributed by atoms with Gasteiger partial charge < -0.3 is 14.8 Å². The Morgan fingerprint density at radius 3 is 2.45 bits per heavy atom. The Kier molecular flexibility index (Phi) is 3.50. The molecule has 104 valence electrons. The molecule has 1 heterocycles. The molecule has 0 amide bonds. The summed E-state index contributed by atoms with van der Waals surface area (Å²) in [4.78, 5) is 0. The SMILES string of the molecule is COc1cccc(OC)c1-c1ccc2c(c1)CCCN2. The minimum atomic E-state index is 0.841. The number of hydrogen-bond acceptors (Lipinski definition) is 3. The lowest BCUT2D eigenvalue weighted by atomic mass is 9.96. The van der Waals surface area contributed by atoms with Gasteiger partial charge in [-0.15, -0.1) is 0 Å². The number of anilines is 1. The summed E-state index contributed by atoms with van der Waals surface area (Å²) in [7, 11) is 3.39. The summed E-state index contributed by atoms with van der Waals surface area (Å²) in [6.45, 7) is 1.06. The van der Waals surface area contributed by atoms with Gasteiger partial charge in [-0.25, -0.2) is 0 Å². The van der Waals surface area contributed by atoms with Gasteiger partial charge in [0, 0.05) is 12.2 Å². The van der Waals surface area contributed by atoms with E-state index in [0.717, 1.165) is 35.6 Å². The van der Waals surface area contributed by atoms with Crippen molar-refractivity contribution in [2.45, 2.75) is 12.8 Å². The number of benzene rings is 2. The maximum absolute atomic E-state index is 5.49. The van der Waals surface area contributed by atoms with Crippen LogP contribution < -0.4 is 14.8 Å². The van der Waals surface area contributed by atoms with Crippen molar-refractivity contribution >= 4 is 5.69 Å². The van der Waals surface area contributed by atoms with Crippen molar-refractivity contribution in [3.8, 4) is 22.6 Å². The molecule has 3 heteroatoms. The van der Waals surface area contributed by atoms with Gasteiger partial charge in [-0.1, -0.05) is 12.1 Å². The first-order valence-electron chi connectivity index (χ1n) is 6.91. The van der Waals surface area contributed by atoms with Gasteiger partial charge in [0.25, 0.3) is 0 Å². The Morgan fingerprint density at radius 2 is 1.75 bits per heavy atom. The van der Waals surface area contributed by atoms with Crippen molar-refractivity contribution in [1.82, 2.24) is 0 Å². The second kappa shape index (κ2) is 5.45. The zero-order chi connectivity index (χ0) is 13.9. The number of aryl methyl sites for hydroxylation is 1. The molecule has 1 N–H and O–H groups in total. The van der Waals surface area contributed by atoms with E-state index in [1.807, 2.05) is 18.2 Å². The number of methoxy groups -OCH3 is 2. The van der Waals surface area contributed by atoms with Gasteiger partial charge in [-0.2, -0.15) is 0 Å². The van der Waals surface area contributed by atoms with E-state index in [1.165, 1.54) is 17.7 Å². The molecule has 0 aliphatic carbocycles. The van der Waals surface area contributed by atoms with E-state index in [4.69, 9.17) is 9.47 Å². The second-order valence-corrected chi connectivity index (χ2v) is 4.94. The maximum atomic E-state index is 5.49. The van der Waals surface area contributed by atoms with Gasteiger partial charge in [0.1, 0.15) is 11.5 Å². The van der Waals surface area contributed by atoms with Crippen LogP contribution in [-0.2, 0) is 6.42 Å². The third-order valence-corrected chi connectivity index (χ3v) is 3.76. The summed E-state index contributed by atoms with van der Waals surface area (Å²) in [5.74, 6) is 1.68. The van der Waals surface area contributed by atoms with Crippen molar-refractivity contribution in [3.63, 3.8) is 0 Å². The molecule has 1 aliphatic rings. The third-order valence-electron chi connectivity index (χ3n) is 3.76. The maximum Gasteiger partial charge on any atom is 0.130 e. The highest BCUT2D eigenvalue weighted by atomic mass is 16.5. The molecule has 2 aromatic rings. The molecule has 20 heavy (non-hydrogen) atoms. The molecule has 2 aromatic carbocycles. The van der Waals surface area contributed by atoms with Crippen molar-refractivity contribution in [3.05, 3.63) is 42.0 Å². The fourth-order valence-corrected chi connectivity index (χ4v) is 2.77. The minimum absolute atomic E-state index is 0.841. The van der Waals surface area contributed by atoms with E-state index in [1.54, 1.807) is 14.2 Å². The molecule has 0 spiro atoms. The topological polar surface area (TPSA) is 30.5 Å². The van der Waals surface area contributed by atoms with E-state index >= 15 is 0 Å². The second-order valence-electron chi connectivity index (χ2n) is 4.94. The Bertz CT molecular complexity index is 600.